The minimum absolute atomic E-state index is 0.643. The lowest BCUT2D eigenvalue weighted by Crippen LogP contribution is -2.38. The number of nitrogens with zero attached hydrogens (tertiary/aromatic N) is 2. The maximum Gasteiger partial charge on any atom is 0.191 e. The number of halogens is 1. The van der Waals surface area contributed by atoms with Crippen LogP contribution in [-0.2, 0) is 13.0 Å². The number of benzene rings is 2. The summed E-state index contributed by atoms with van der Waals surface area (Å²) in [6, 6.07) is 16.0. The van der Waals surface area contributed by atoms with Crippen LogP contribution in [0.1, 0.15) is 11.1 Å². The number of ether oxygens (including phenoxy) is 1. The molecule has 146 valence electrons. The molecule has 0 amide bonds. The van der Waals surface area contributed by atoms with Crippen molar-refractivity contribution in [2.75, 3.05) is 40.8 Å². The highest BCUT2D eigenvalue weighted by Gasteiger charge is 2.05. The van der Waals surface area contributed by atoms with Gasteiger partial charge in [0.1, 0.15) is 12.4 Å². The molecule has 0 heterocycles. The molecule has 0 unspecified atom stereocenters. The first-order chi connectivity index (χ1) is 13.1. The number of rotatable bonds is 9. The second-order valence-electron chi connectivity index (χ2n) is 6.45. The zero-order valence-corrected chi connectivity index (χ0v) is 17.1. The normalized spacial score (nSPS) is 11.5. The molecule has 2 N–H and O–H groups in total. The van der Waals surface area contributed by atoms with E-state index in [1.807, 2.05) is 56.6 Å². The average molecular weight is 389 g/mol. The molecule has 0 atom stereocenters. The second kappa shape index (κ2) is 11.5. The van der Waals surface area contributed by atoms with Gasteiger partial charge in [-0.05, 0) is 38.2 Å². The van der Waals surface area contributed by atoms with Gasteiger partial charge >= 0.3 is 0 Å². The Morgan fingerprint density at radius 1 is 1.04 bits per heavy atom. The number of guanidine groups is 1. The van der Waals surface area contributed by atoms with Crippen LogP contribution in [0.25, 0.3) is 0 Å². The molecule has 2 aromatic rings. The number of hydrogen-bond acceptors (Lipinski definition) is 3. The lowest BCUT2D eigenvalue weighted by atomic mass is 10.1. The molecule has 0 fully saturated rings. The van der Waals surface area contributed by atoms with E-state index in [0.29, 0.717) is 13.2 Å². The highest BCUT2D eigenvalue weighted by molar-refractivity contribution is 6.31. The zero-order chi connectivity index (χ0) is 19.5. The lowest BCUT2D eigenvalue weighted by Gasteiger charge is -2.16. The molecule has 0 aliphatic carbocycles. The molecule has 0 saturated heterocycles. The van der Waals surface area contributed by atoms with Crippen LogP contribution < -0.4 is 15.4 Å². The summed E-state index contributed by atoms with van der Waals surface area (Å²) < 4.78 is 5.91. The van der Waals surface area contributed by atoms with Gasteiger partial charge in [0.25, 0.3) is 0 Å². The van der Waals surface area contributed by atoms with Gasteiger partial charge in [-0.15, -0.1) is 0 Å². The molecule has 0 saturated carbocycles. The SMILES string of the molecule is CN=C(NCCc1ccccc1Cl)NCc1ccccc1OCCN(C)C. The van der Waals surface area contributed by atoms with E-state index in [9.17, 15) is 0 Å². The van der Waals surface area contributed by atoms with Crippen molar-refractivity contribution < 1.29 is 4.74 Å². The summed E-state index contributed by atoms with van der Waals surface area (Å²) in [6.45, 7) is 2.94. The Balaban J connectivity index is 1.82. The molecule has 0 aliphatic rings. The number of aliphatic imine (C=N–C) groups is 1. The first-order valence-corrected chi connectivity index (χ1v) is 9.51. The first kappa shape index (κ1) is 21.1. The van der Waals surface area contributed by atoms with Gasteiger partial charge in [-0.25, -0.2) is 0 Å². The summed E-state index contributed by atoms with van der Waals surface area (Å²) in [5, 5.41) is 7.46. The molecule has 27 heavy (non-hydrogen) atoms. The van der Waals surface area contributed by atoms with E-state index in [1.54, 1.807) is 7.05 Å². The van der Waals surface area contributed by atoms with E-state index < -0.39 is 0 Å². The smallest absolute Gasteiger partial charge is 0.191 e. The summed E-state index contributed by atoms with van der Waals surface area (Å²) in [5.74, 6) is 1.66. The molecule has 0 aromatic heterocycles. The van der Waals surface area contributed by atoms with Crippen LogP contribution in [0, 0.1) is 0 Å². The van der Waals surface area contributed by atoms with Crippen molar-refractivity contribution in [3.63, 3.8) is 0 Å². The fourth-order valence-corrected chi connectivity index (χ4v) is 2.78. The van der Waals surface area contributed by atoms with Gasteiger partial charge in [0, 0.05) is 37.3 Å². The molecule has 2 aromatic carbocycles. The molecule has 5 nitrogen and oxygen atoms in total. The third kappa shape index (κ3) is 7.49. The van der Waals surface area contributed by atoms with Gasteiger partial charge in [-0.2, -0.15) is 0 Å². The summed E-state index contributed by atoms with van der Waals surface area (Å²) in [6.07, 6.45) is 0.838. The van der Waals surface area contributed by atoms with Gasteiger partial charge in [0.15, 0.2) is 5.96 Å². The number of nitrogens with one attached hydrogen (secondary N) is 2. The van der Waals surface area contributed by atoms with E-state index >= 15 is 0 Å². The second-order valence-corrected chi connectivity index (χ2v) is 6.86. The third-order valence-corrected chi connectivity index (χ3v) is 4.45. The van der Waals surface area contributed by atoms with Gasteiger partial charge < -0.3 is 20.3 Å². The zero-order valence-electron chi connectivity index (χ0n) is 16.3. The predicted molar refractivity (Wildman–Crippen MR) is 114 cm³/mol. The van der Waals surface area contributed by atoms with E-state index in [2.05, 4.69) is 26.6 Å². The van der Waals surface area contributed by atoms with E-state index in [0.717, 1.165) is 47.4 Å². The van der Waals surface area contributed by atoms with Crippen molar-refractivity contribution in [3.8, 4) is 5.75 Å². The van der Waals surface area contributed by atoms with E-state index in [-0.39, 0.29) is 0 Å². The Bertz CT molecular complexity index is 734. The van der Waals surface area contributed by atoms with Crippen LogP contribution >= 0.6 is 11.6 Å². The van der Waals surface area contributed by atoms with Crippen LogP contribution in [0.15, 0.2) is 53.5 Å². The molecule has 0 bridgehead atoms. The quantitative estimate of drug-likeness (QED) is 0.511. The maximum atomic E-state index is 6.20. The van der Waals surface area contributed by atoms with Crippen molar-refractivity contribution in [2.45, 2.75) is 13.0 Å². The summed E-state index contributed by atoms with van der Waals surface area (Å²) in [7, 11) is 5.84. The maximum absolute atomic E-state index is 6.20. The monoisotopic (exact) mass is 388 g/mol. The molecular weight excluding hydrogens is 360 g/mol. The number of likely N-dealkylation sites (N-methyl/N-ethyl adjacent to an activating group) is 1. The predicted octanol–water partition coefficient (Wildman–Crippen LogP) is 3.19. The molecule has 2 rings (SSSR count). The van der Waals surface area contributed by atoms with Crippen molar-refractivity contribution in [2.24, 2.45) is 4.99 Å². The van der Waals surface area contributed by atoms with Crippen molar-refractivity contribution >= 4 is 17.6 Å². The fourth-order valence-electron chi connectivity index (χ4n) is 2.55. The Hall–Kier alpha value is -2.24. The Labute approximate surface area is 167 Å². The molecule has 6 heteroatoms. The Morgan fingerprint density at radius 3 is 2.44 bits per heavy atom. The fraction of sp³-hybridized carbons (Fsp3) is 0.381. The van der Waals surface area contributed by atoms with Crippen LogP contribution in [0.5, 0.6) is 5.75 Å². The molecule has 0 spiro atoms. The van der Waals surface area contributed by atoms with Gasteiger partial charge in [0.2, 0.25) is 0 Å². The summed E-state index contributed by atoms with van der Waals surface area (Å²) >= 11 is 6.20. The molecule has 0 aliphatic heterocycles. The standard InChI is InChI=1S/C21H29ClN4O/c1-23-21(24-13-12-17-8-4-6-10-19(17)22)25-16-18-9-5-7-11-20(18)27-15-14-26(2)3/h4-11H,12-16H2,1-3H3,(H2,23,24,25). The van der Waals surface area contributed by atoms with Gasteiger partial charge in [0.05, 0.1) is 0 Å². The minimum Gasteiger partial charge on any atom is -0.492 e. The minimum atomic E-state index is 0.643. The molecule has 0 radical (unpaired) electrons. The topological polar surface area (TPSA) is 48.9 Å². The van der Waals surface area contributed by atoms with Crippen molar-refractivity contribution in [1.29, 1.82) is 0 Å². The number of para-hydroxylation sites is 1. The highest BCUT2D eigenvalue weighted by atomic mass is 35.5. The summed E-state index contributed by atoms with van der Waals surface area (Å²) in [4.78, 5) is 6.39. The van der Waals surface area contributed by atoms with Crippen LogP contribution in [0.3, 0.4) is 0 Å². The van der Waals surface area contributed by atoms with Crippen molar-refractivity contribution in [3.05, 3.63) is 64.7 Å². The highest BCUT2D eigenvalue weighted by Crippen LogP contribution is 2.17. The van der Waals surface area contributed by atoms with E-state index in [1.165, 1.54) is 0 Å². The first-order valence-electron chi connectivity index (χ1n) is 9.13. The number of hydrogen-bond donors (Lipinski definition) is 2. The Kier molecular flexibility index (Phi) is 8.95. The third-order valence-electron chi connectivity index (χ3n) is 4.08. The van der Waals surface area contributed by atoms with E-state index in [4.69, 9.17) is 16.3 Å². The van der Waals surface area contributed by atoms with Gasteiger partial charge in [-0.1, -0.05) is 48.0 Å². The van der Waals surface area contributed by atoms with Crippen molar-refractivity contribution in [1.82, 2.24) is 15.5 Å². The molecular formula is C21H29ClN4O. The van der Waals surface area contributed by atoms with Crippen LogP contribution in [-0.4, -0.2) is 51.7 Å². The van der Waals surface area contributed by atoms with Crippen LogP contribution in [0.2, 0.25) is 5.02 Å². The largest absolute Gasteiger partial charge is 0.492 e. The van der Waals surface area contributed by atoms with Crippen LogP contribution in [0.4, 0.5) is 0 Å². The lowest BCUT2D eigenvalue weighted by molar-refractivity contribution is 0.259. The summed E-state index contributed by atoms with van der Waals surface area (Å²) in [5.41, 5.74) is 2.23. The average Bonchev–Trinajstić information content (AvgIpc) is 2.66. The van der Waals surface area contributed by atoms with Gasteiger partial charge in [-0.3, -0.25) is 4.99 Å². The Morgan fingerprint density at radius 2 is 1.74 bits per heavy atom.